The number of aliphatic imine (C=N–C) groups is 1. The molecule has 3 rings (SSSR count). The number of fused-ring (bicyclic) bond motifs is 1. The maximum absolute atomic E-state index is 12.2. The van der Waals surface area contributed by atoms with Gasteiger partial charge >= 0.3 is 5.97 Å². The van der Waals surface area contributed by atoms with Crippen molar-refractivity contribution in [2.45, 2.75) is 26.3 Å². The van der Waals surface area contributed by atoms with E-state index in [4.69, 9.17) is 0 Å². The number of pyridine rings is 1. The number of nitrogens with one attached hydrogen (secondary N) is 1. The van der Waals surface area contributed by atoms with E-state index in [1.54, 1.807) is 18.4 Å². The molecular weight excluding hydrogens is 302 g/mol. The fourth-order valence-corrected chi connectivity index (χ4v) is 3.09. The molecule has 1 unspecified atom stereocenters. The van der Waals surface area contributed by atoms with Gasteiger partial charge in [-0.1, -0.05) is 13.8 Å². The third-order valence-corrected chi connectivity index (χ3v) is 4.88. The lowest BCUT2D eigenvalue weighted by Gasteiger charge is -2.21. The van der Waals surface area contributed by atoms with Gasteiger partial charge < -0.3 is 10.4 Å². The summed E-state index contributed by atoms with van der Waals surface area (Å²) in [6, 6.07) is 3.19. The standard InChI is InChI=1S/C15H15N3O3S/c1-7(2)15(3)14(21)17-11(18-15)10-6-9(13(19)20)8-4-5-22-12(8)16-10/h4-7H,1-3H3,(H,19,20)(H,17,18,21). The van der Waals surface area contributed by atoms with Crippen molar-refractivity contribution in [3.8, 4) is 0 Å². The maximum atomic E-state index is 12.2. The number of carbonyl (C=O) groups excluding carboxylic acids is 1. The van der Waals surface area contributed by atoms with Crippen molar-refractivity contribution in [2.75, 3.05) is 0 Å². The van der Waals surface area contributed by atoms with Gasteiger partial charge in [-0.2, -0.15) is 0 Å². The van der Waals surface area contributed by atoms with Gasteiger partial charge in [-0.15, -0.1) is 11.3 Å². The van der Waals surface area contributed by atoms with Crippen molar-refractivity contribution in [3.63, 3.8) is 0 Å². The zero-order chi connectivity index (χ0) is 16.1. The molecule has 1 aliphatic heterocycles. The molecule has 2 aromatic heterocycles. The predicted molar refractivity (Wildman–Crippen MR) is 84.5 cm³/mol. The summed E-state index contributed by atoms with van der Waals surface area (Å²) >= 11 is 1.36. The number of rotatable bonds is 3. The Bertz CT molecular complexity index is 825. The Morgan fingerprint density at radius 2 is 2.18 bits per heavy atom. The van der Waals surface area contributed by atoms with Gasteiger partial charge in [-0.05, 0) is 30.4 Å². The Balaban J connectivity index is 2.15. The number of aromatic carboxylic acids is 1. The average molecular weight is 317 g/mol. The summed E-state index contributed by atoms with van der Waals surface area (Å²) in [5, 5.41) is 14.5. The molecule has 22 heavy (non-hydrogen) atoms. The summed E-state index contributed by atoms with van der Waals surface area (Å²) in [6.45, 7) is 5.61. The highest BCUT2D eigenvalue weighted by molar-refractivity contribution is 7.16. The van der Waals surface area contributed by atoms with Crippen LogP contribution in [-0.4, -0.2) is 33.3 Å². The normalized spacial score (nSPS) is 21.3. The van der Waals surface area contributed by atoms with Crippen LogP contribution in [0.25, 0.3) is 10.2 Å². The monoisotopic (exact) mass is 317 g/mol. The highest BCUT2D eigenvalue weighted by Crippen LogP contribution is 2.28. The van der Waals surface area contributed by atoms with Crippen LogP contribution in [0.15, 0.2) is 22.5 Å². The number of aromatic nitrogens is 1. The first-order valence-corrected chi connectivity index (χ1v) is 7.74. The van der Waals surface area contributed by atoms with E-state index in [-0.39, 0.29) is 17.4 Å². The highest BCUT2D eigenvalue weighted by Gasteiger charge is 2.42. The number of hydrogen-bond acceptors (Lipinski definition) is 5. The highest BCUT2D eigenvalue weighted by atomic mass is 32.1. The van der Waals surface area contributed by atoms with Crippen LogP contribution in [0.5, 0.6) is 0 Å². The minimum Gasteiger partial charge on any atom is -0.478 e. The van der Waals surface area contributed by atoms with Gasteiger partial charge in [-0.25, -0.2) is 14.8 Å². The number of amidine groups is 1. The molecule has 0 radical (unpaired) electrons. The van der Waals surface area contributed by atoms with Gasteiger partial charge in [0.15, 0.2) is 5.84 Å². The van der Waals surface area contributed by atoms with E-state index in [2.05, 4.69) is 15.3 Å². The van der Waals surface area contributed by atoms with E-state index in [1.165, 1.54) is 17.4 Å². The van der Waals surface area contributed by atoms with Crippen LogP contribution < -0.4 is 5.32 Å². The fraction of sp³-hybridized carbons (Fsp3) is 0.333. The Labute approximate surface area is 130 Å². The number of nitrogens with zero attached hydrogens (tertiary/aromatic N) is 2. The van der Waals surface area contributed by atoms with E-state index >= 15 is 0 Å². The molecule has 0 aromatic carbocycles. The lowest BCUT2D eigenvalue weighted by Crippen LogP contribution is -2.41. The third-order valence-electron chi connectivity index (χ3n) is 4.07. The number of hydrogen-bond donors (Lipinski definition) is 2. The molecule has 1 amide bonds. The minimum atomic E-state index is -1.02. The van der Waals surface area contributed by atoms with Crippen molar-refractivity contribution in [1.82, 2.24) is 10.3 Å². The lowest BCUT2D eigenvalue weighted by molar-refractivity contribution is -0.124. The molecule has 0 spiro atoms. The smallest absolute Gasteiger partial charge is 0.336 e. The van der Waals surface area contributed by atoms with Crippen LogP contribution in [0.3, 0.4) is 0 Å². The van der Waals surface area contributed by atoms with Crippen molar-refractivity contribution in [2.24, 2.45) is 10.9 Å². The molecule has 2 aromatic rings. The van der Waals surface area contributed by atoms with Crippen LogP contribution >= 0.6 is 11.3 Å². The lowest BCUT2D eigenvalue weighted by atomic mass is 9.89. The number of carboxylic acid groups (broad SMARTS) is 1. The van der Waals surface area contributed by atoms with Crippen LogP contribution in [0.4, 0.5) is 0 Å². The molecule has 7 heteroatoms. The van der Waals surface area contributed by atoms with Gasteiger partial charge in [0.2, 0.25) is 0 Å². The van der Waals surface area contributed by atoms with E-state index in [1.807, 2.05) is 13.8 Å². The van der Waals surface area contributed by atoms with E-state index < -0.39 is 11.5 Å². The van der Waals surface area contributed by atoms with Gasteiger partial charge in [0.1, 0.15) is 16.1 Å². The fourth-order valence-electron chi connectivity index (χ4n) is 2.30. The number of amides is 1. The molecule has 0 saturated heterocycles. The molecule has 1 aliphatic rings. The van der Waals surface area contributed by atoms with Crippen LogP contribution in [0, 0.1) is 5.92 Å². The first-order chi connectivity index (χ1) is 10.3. The van der Waals surface area contributed by atoms with Gasteiger partial charge in [-0.3, -0.25) is 4.79 Å². The minimum absolute atomic E-state index is 0.0226. The van der Waals surface area contributed by atoms with Crippen LogP contribution in [0.2, 0.25) is 0 Å². The maximum Gasteiger partial charge on any atom is 0.336 e. The second-order valence-corrected chi connectivity index (χ2v) is 6.61. The van der Waals surface area contributed by atoms with Crippen molar-refractivity contribution in [3.05, 3.63) is 28.8 Å². The Hall–Kier alpha value is -2.28. The molecule has 0 bridgehead atoms. The van der Waals surface area contributed by atoms with E-state index in [9.17, 15) is 14.7 Å². The number of carbonyl (C=O) groups is 2. The van der Waals surface area contributed by atoms with Gasteiger partial charge in [0.25, 0.3) is 5.91 Å². The zero-order valence-electron chi connectivity index (χ0n) is 12.4. The van der Waals surface area contributed by atoms with E-state index in [0.717, 1.165) is 0 Å². The van der Waals surface area contributed by atoms with Crippen LogP contribution in [-0.2, 0) is 4.79 Å². The molecular formula is C15H15N3O3S. The third kappa shape index (κ3) is 2.09. The van der Waals surface area contributed by atoms with E-state index in [0.29, 0.717) is 21.7 Å². The SMILES string of the molecule is CC(C)C1(C)N=C(c2cc(C(=O)O)c3ccsc3n2)NC1=O. The number of carboxylic acids is 1. The Morgan fingerprint density at radius 1 is 1.45 bits per heavy atom. The second kappa shape index (κ2) is 4.88. The summed E-state index contributed by atoms with van der Waals surface area (Å²) in [5.41, 5.74) is -0.313. The van der Waals surface area contributed by atoms with Crippen molar-refractivity contribution < 1.29 is 14.7 Å². The summed E-state index contributed by atoms with van der Waals surface area (Å²) < 4.78 is 0. The zero-order valence-corrected chi connectivity index (χ0v) is 13.2. The molecule has 0 aliphatic carbocycles. The summed E-state index contributed by atoms with van der Waals surface area (Å²) in [7, 11) is 0. The van der Waals surface area contributed by atoms with Crippen molar-refractivity contribution in [1.29, 1.82) is 0 Å². The Morgan fingerprint density at radius 3 is 2.77 bits per heavy atom. The topological polar surface area (TPSA) is 91.7 Å². The first kappa shape index (κ1) is 14.6. The predicted octanol–water partition coefficient (Wildman–Crippen LogP) is 2.29. The van der Waals surface area contributed by atoms with Crippen molar-refractivity contribution >= 4 is 39.3 Å². The molecule has 114 valence electrons. The molecule has 1 atom stereocenters. The largest absolute Gasteiger partial charge is 0.478 e. The molecule has 0 fully saturated rings. The average Bonchev–Trinajstić information content (AvgIpc) is 3.03. The van der Waals surface area contributed by atoms with Gasteiger partial charge in [0, 0.05) is 5.39 Å². The summed E-state index contributed by atoms with van der Waals surface area (Å²) in [5.74, 6) is -0.862. The van der Waals surface area contributed by atoms with Gasteiger partial charge in [0.05, 0.1) is 5.56 Å². The second-order valence-electron chi connectivity index (χ2n) is 5.72. The molecule has 3 heterocycles. The quantitative estimate of drug-likeness (QED) is 0.908. The molecule has 6 nitrogen and oxygen atoms in total. The number of thiophene rings is 1. The van der Waals surface area contributed by atoms with Crippen LogP contribution in [0.1, 0.15) is 36.8 Å². The molecule has 2 N–H and O–H groups in total. The first-order valence-electron chi connectivity index (χ1n) is 6.86. The molecule has 0 saturated carbocycles. The summed E-state index contributed by atoms with van der Waals surface area (Å²) in [4.78, 5) is 33.1. The summed E-state index contributed by atoms with van der Waals surface area (Å²) in [6.07, 6.45) is 0. The Kier molecular flexibility index (Phi) is 3.25.